The van der Waals surface area contributed by atoms with Crippen molar-refractivity contribution in [3.63, 3.8) is 0 Å². The number of oxazole rings is 1. The monoisotopic (exact) mass is 189 g/mol. The lowest BCUT2D eigenvalue weighted by Gasteiger charge is -2.00. The summed E-state index contributed by atoms with van der Waals surface area (Å²) in [7, 11) is 0. The van der Waals surface area contributed by atoms with Crippen LogP contribution in [0.5, 0.6) is 0 Å². The molecule has 0 saturated heterocycles. The van der Waals surface area contributed by atoms with E-state index in [9.17, 15) is 0 Å². The molecule has 0 spiro atoms. The van der Waals surface area contributed by atoms with Gasteiger partial charge in [-0.3, -0.25) is 0 Å². The SMILES string of the molecule is Cc1cnc(CNc2ccccn2)o1. The summed E-state index contributed by atoms with van der Waals surface area (Å²) in [5.74, 6) is 2.32. The molecule has 0 aliphatic rings. The van der Waals surface area contributed by atoms with Gasteiger partial charge in [0.2, 0.25) is 5.89 Å². The van der Waals surface area contributed by atoms with Crippen LogP contribution in [0.2, 0.25) is 0 Å². The molecule has 4 nitrogen and oxygen atoms in total. The van der Waals surface area contributed by atoms with Gasteiger partial charge in [-0.05, 0) is 19.1 Å². The number of nitrogens with zero attached hydrogens (tertiary/aromatic N) is 2. The molecule has 0 bridgehead atoms. The lowest BCUT2D eigenvalue weighted by atomic mass is 10.4. The highest BCUT2D eigenvalue weighted by Crippen LogP contribution is 2.05. The molecule has 72 valence electrons. The Hall–Kier alpha value is -1.84. The van der Waals surface area contributed by atoms with Gasteiger partial charge in [-0.25, -0.2) is 9.97 Å². The Balaban J connectivity index is 1.95. The minimum Gasteiger partial charge on any atom is -0.444 e. The van der Waals surface area contributed by atoms with Gasteiger partial charge in [0.05, 0.1) is 12.7 Å². The van der Waals surface area contributed by atoms with Crippen LogP contribution >= 0.6 is 0 Å². The Morgan fingerprint density at radius 2 is 2.29 bits per heavy atom. The van der Waals surface area contributed by atoms with E-state index in [1.54, 1.807) is 12.4 Å². The topological polar surface area (TPSA) is 51.0 Å². The molecule has 0 aromatic carbocycles. The third-order valence-corrected chi connectivity index (χ3v) is 1.75. The van der Waals surface area contributed by atoms with Gasteiger partial charge in [-0.2, -0.15) is 0 Å². The number of rotatable bonds is 3. The predicted molar refractivity (Wildman–Crippen MR) is 52.8 cm³/mol. The summed E-state index contributed by atoms with van der Waals surface area (Å²) in [5, 5.41) is 3.11. The minimum atomic E-state index is 0.560. The maximum atomic E-state index is 5.30. The number of pyridine rings is 1. The molecule has 4 heteroatoms. The highest BCUT2D eigenvalue weighted by atomic mass is 16.4. The molecule has 0 aliphatic carbocycles. The van der Waals surface area contributed by atoms with Crippen LogP contribution in [0.3, 0.4) is 0 Å². The van der Waals surface area contributed by atoms with Crippen molar-refractivity contribution in [1.29, 1.82) is 0 Å². The van der Waals surface area contributed by atoms with Gasteiger partial charge in [0.25, 0.3) is 0 Å². The lowest BCUT2D eigenvalue weighted by molar-refractivity contribution is 0.479. The van der Waals surface area contributed by atoms with E-state index in [-0.39, 0.29) is 0 Å². The van der Waals surface area contributed by atoms with Crippen LogP contribution in [0, 0.1) is 6.92 Å². The zero-order chi connectivity index (χ0) is 9.80. The van der Waals surface area contributed by atoms with Crippen LogP contribution in [-0.4, -0.2) is 9.97 Å². The Morgan fingerprint density at radius 1 is 1.36 bits per heavy atom. The molecule has 2 aromatic heterocycles. The van der Waals surface area contributed by atoms with Crippen LogP contribution in [0.15, 0.2) is 35.0 Å². The quantitative estimate of drug-likeness (QED) is 0.802. The largest absolute Gasteiger partial charge is 0.444 e. The minimum absolute atomic E-state index is 0.560. The van der Waals surface area contributed by atoms with E-state index >= 15 is 0 Å². The zero-order valence-corrected chi connectivity index (χ0v) is 7.90. The van der Waals surface area contributed by atoms with Gasteiger partial charge in [-0.1, -0.05) is 6.07 Å². The number of aryl methyl sites for hydroxylation is 1. The average molecular weight is 189 g/mol. The van der Waals surface area contributed by atoms with E-state index in [1.165, 1.54) is 0 Å². The summed E-state index contributed by atoms with van der Waals surface area (Å²) < 4.78 is 5.30. The highest BCUT2D eigenvalue weighted by molar-refractivity contribution is 5.32. The Labute approximate surface area is 82.0 Å². The van der Waals surface area contributed by atoms with E-state index in [4.69, 9.17) is 4.42 Å². The molecule has 0 saturated carbocycles. The molecular formula is C10H11N3O. The Morgan fingerprint density at radius 3 is 2.93 bits per heavy atom. The summed E-state index contributed by atoms with van der Waals surface area (Å²) in [6.45, 7) is 2.43. The molecule has 0 atom stereocenters. The molecule has 14 heavy (non-hydrogen) atoms. The van der Waals surface area contributed by atoms with Gasteiger partial charge in [-0.15, -0.1) is 0 Å². The number of hydrogen-bond acceptors (Lipinski definition) is 4. The molecule has 0 unspecified atom stereocenters. The van der Waals surface area contributed by atoms with Crippen LogP contribution in [0.25, 0.3) is 0 Å². The molecule has 2 rings (SSSR count). The Bertz CT molecular complexity index is 397. The van der Waals surface area contributed by atoms with Crippen molar-refractivity contribution < 1.29 is 4.42 Å². The van der Waals surface area contributed by atoms with Crippen LogP contribution in [0.4, 0.5) is 5.82 Å². The van der Waals surface area contributed by atoms with E-state index in [0.717, 1.165) is 11.6 Å². The van der Waals surface area contributed by atoms with Gasteiger partial charge in [0, 0.05) is 6.20 Å². The summed E-state index contributed by atoms with van der Waals surface area (Å²) in [6, 6.07) is 5.70. The van der Waals surface area contributed by atoms with Gasteiger partial charge in [0.1, 0.15) is 11.6 Å². The number of anilines is 1. The normalized spacial score (nSPS) is 10.1. The van der Waals surface area contributed by atoms with Crippen LogP contribution in [0.1, 0.15) is 11.7 Å². The highest BCUT2D eigenvalue weighted by Gasteiger charge is 1.99. The van der Waals surface area contributed by atoms with Crippen molar-refractivity contribution in [3.8, 4) is 0 Å². The summed E-state index contributed by atoms with van der Waals surface area (Å²) in [5.41, 5.74) is 0. The summed E-state index contributed by atoms with van der Waals surface area (Å²) >= 11 is 0. The number of aromatic nitrogens is 2. The van der Waals surface area contributed by atoms with Crippen molar-refractivity contribution in [2.24, 2.45) is 0 Å². The fraction of sp³-hybridized carbons (Fsp3) is 0.200. The second kappa shape index (κ2) is 3.91. The van der Waals surface area contributed by atoms with Crippen molar-refractivity contribution in [2.75, 3.05) is 5.32 Å². The van der Waals surface area contributed by atoms with Crippen LogP contribution < -0.4 is 5.32 Å². The fourth-order valence-corrected chi connectivity index (χ4v) is 1.12. The third-order valence-electron chi connectivity index (χ3n) is 1.75. The zero-order valence-electron chi connectivity index (χ0n) is 7.90. The van der Waals surface area contributed by atoms with Crippen LogP contribution in [-0.2, 0) is 6.54 Å². The molecule has 0 aliphatic heterocycles. The van der Waals surface area contributed by atoms with E-state index in [1.807, 2.05) is 25.1 Å². The van der Waals surface area contributed by atoms with Gasteiger partial charge >= 0.3 is 0 Å². The van der Waals surface area contributed by atoms with Crippen molar-refractivity contribution >= 4 is 5.82 Å². The van der Waals surface area contributed by atoms with E-state index in [2.05, 4.69) is 15.3 Å². The predicted octanol–water partition coefficient (Wildman–Crippen LogP) is 1.99. The first-order chi connectivity index (χ1) is 6.84. The van der Waals surface area contributed by atoms with Gasteiger partial charge < -0.3 is 9.73 Å². The third kappa shape index (κ3) is 2.10. The summed E-state index contributed by atoms with van der Waals surface area (Å²) in [4.78, 5) is 8.19. The lowest BCUT2D eigenvalue weighted by Crippen LogP contribution is -2.00. The first kappa shape index (κ1) is 8.74. The van der Waals surface area contributed by atoms with Crippen molar-refractivity contribution in [2.45, 2.75) is 13.5 Å². The molecule has 2 aromatic rings. The van der Waals surface area contributed by atoms with E-state index < -0.39 is 0 Å². The second-order valence-corrected chi connectivity index (χ2v) is 2.93. The maximum Gasteiger partial charge on any atom is 0.213 e. The molecule has 0 amide bonds. The smallest absolute Gasteiger partial charge is 0.213 e. The first-order valence-electron chi connectivity index (χ1n) is 4.41. The van der Waals surface area contributed by atoms with Gasteiger partial charge in [0.15, 0.2) is 0 Å². The molecular weight excluding hydrogens is 178 g/mol. The average Bonchev–Trinajstić information content (AvgIpc) is 2.63. The van der Waals surface area contributed by atoms with E-state index in [0.29, 0.717) is 12.4 Å². The number of nitrogens with one attached hydrogen (secondary N) is 1. The first-order valence-corrected chi connectivity index (χ1v) is 4.41. The number of hydrogen-bond donors (Lipinski definition) is 1. The Kier molecular flexibility index (Phi) is 2.44. The standard InChI is InChI=1S/C10H11N3O/c1-8-6-13-10(14-8)7-12-9-4-2-3-5-11-9/h2-6H,7H2,1H3,(H,11,12). The molecule has 0 radical (unpaired) electrons. The summed E-state index contributed by atoms with van der Waals surface area (Å²) in [6.07, 6.45) is 3.44. The van der Waals surface area contributed by atoms with Crippen molar-refractivity contribution in [3.05, 3.63) is 42.2 Å². The van der Waals surface area contributed by atoms with Crippen molar-refractivity contribution in [1.82, 2.24) is 9.97 Å². The molecule has 1 N–H and O–H groups in total. The fourth-order valence-electron chi connectivity index (χ4n) is 1.12. The second-order valence-electron chi connectivity index (χ2n) is 2.93. The molecule has 0 fully saturated rings. The molecule has 2 heterocycles. The maximum absolute atomic E-state index is 5.30.